The molecule has 27 heavy (non-hydrogen) atoms. The number of methoxy groups -OCH3 is 1. The van der Waals surface area contributed by atoms with Crippen LogP contribution in [0.25, 0.3) is 0 Å². The van der Waals surface area contributed by atoms with Crippen molar-refractivity contribution in [2.45, 2.75) is 62.9 Å². The molecule has 0 spiro atoms. The summed E-state index contributed by atoms with van der Waals surface area (Å²) < 4.78 is 19.2. The van der Waals surface area contributed by atoms with Gasteiger partial charge in [-0.3, -0.25) is 14.3 Å². The minimum atomic E-state index is -2.33. The Labute approximate surface area is 159 Å². The second-order valence-corrected chi connectivity index (χ2v) is 13.2. The van der Waals surface area contributed by atoms with Gasteiger partial charge in [-0.25, -0.2) is 4.79 Å². The first-order chi connectivity index (χ1) is 12.4. The summed E-state index contributed by atoms with van der Waals surface area (Å²) in [4.78, 5) is 25.8. The number of nitrogens with zero attached hydrogens (tertiary/aromatic N) is 1. The van der Waals surface area contributed by atoms with Crippen LogP contribution in [0, 0.1) is 0 Å². The lowest BCUT2D eigenvalue weighted by molar-refractivity contribution is -0.148. The van der Waals surface area contributed by atoms with Crippen molar-refractivity contribution in [3.63, 3.8) is 0 Å². The highest BCUT2D eigenvalue weighted by atomic mass is 28.4. The molecule has 3 atom stereocenters. The molecule has 1 fully saturated rings. The van der Waals surface area contributed by atoms with Crippen LogP contribution in [-0.2, 0) is 13.9 Å². The third kappa shape index (κ3) is 3.96. The van der Waals surface area contributed by atoms with Gasteiger partial charge in [-0.05, 0) is 18.1 Å². The van der Waals surface area contributed by atoms with Gasteiger partial charge in [0.2, 0.25) is 0 Å². The van der Waals surface area contributed by atoms with Gasteiger partial charge in [0.25, 0.3) is 5.56 Å². The number of aliphatic hydroxyl groups is 2. The van der Waals surface area contributed by atoms with E-state index in [2.05, 4.69) is 25.8 Å². The Morgan fingerprint density at radius 2 is 1.89 bits per heavy atom. The predicted octanol–water partition coefficient (Wildman–Crippen LogP) is 0.194. The average Bonchev–Trinajstić information content (AvgIpc) is 2.87. The van der Waals surface area contributed by atoms with Gasteiger partial charge in [0.15, 0.2) is 14.5 Å². The molecule has 0 aliphatic carbocycles. The molecule has 1 aliphatic rings. The summed E-state index contributed by atoms with van der Waals surface area (Å²) in [7, 11) is -0.881. The molecule has 1 aromatic rings. The summed E-state index contributed by atoms with van der Waals surface area (Å²) in [6.07, 6.45) is -1.26. The highest BCUT2D eigenvalue weighted by Crippen LogP contribution is 2.45. The fourth-order valence-corrected chi connectivity index (χ4v) is 4.22. The van der Waals surface area contributed by atoms with E-state index in [1.165, 1.54) is 23.9 Å². The number of aromatic amines is 1. The van der Waals surface area contributed by atoms with E-state index >= 15 is 0 Å². The zero-order valence-electron chi connectivity index (χ0n) is 16.7. The van der Waals surface area contributed by atoms with Crippen LogP contribution in [0.5, 0.6) is 0 Å². The van der Waals surface area contributed by atoms with Crippen LogP contribution in [0.3, 0.4) is 0 Å². The van der Waals surface area contributed by atoms with Crippen LogP contribution in [-0.4, -0.2) is 66.2 Å². The van der Waals surface area contributed by atoms with Crippen molar-refractivity contribution >= 4 is 8.32 Å². The second kappa shape index (κ2) is 7.61. The second-order valence-electron chi connectivity index (χ2n) is 8.41. The lowest BCUT2D eigenvalue weighted by atomic mass is 9.97. The van der Waals surface area contributed by atoms with Crippen LogP contribution in [0.1, 0.15) is 27.0 Å². The van der Waals surface area contributed by atoms with Gasteiger partial charge in [0.1, 0.15) is 17.8 Å². The van der Waals surface area contributed by atoms with Crippen molar-refractivity contribution in [1.82, 2.24) is 9.55 Å². The van der Waals surface area contributed by atoms with E-state index in [1.807, 2.05) is 13.1 Å². The van der Waals surface area contributed by atoms with Crippen molar-refractivity contribution in [3.05, 3.63) is 33.1 Å². The quantitative estimate of drug-likeness (QED) is 0.581. The summed E-state index contributed by atoms with van der Waals surface area (Å²) >= 11 is 0. The van der Waals surface area contributed by atoms with E-state index in [4.69, 9.17) is 13.9 Å². The third-order valence-corrected chi connectivity index (χ3v) is 10.1. The Morgan fingerprint density at radius 3 is 2.33 bits per heavy atom. The van der Waals surface area contributed by atoms with Gasteiger partial charge in [-0.15, -0.1) is 0 Å². The third-order valence-electron chi connectivity index (χ3n) is 5.61. The molecule has 1 aliphatic heterocycles. The van der Waals surface area contributed by atoms with Gasteiger partial charge in [0.05, 0.1) is 13.2 Å². The molecule has 1 saturated heterocycles. The van der Waals surface area contributed by atoms with Gasteiger partial charge in [0, 0.05) is 19.4 Å². The largest absolute Gasteiger partial charge is 0.408 e. The molecule has 0 amide bonds. The fraction of sp³-hybridized carbons (Fsp3) is 0.765. The zero-order valence-corrected chi connectivity index (χ0v) is 17.7. The van der Waals surface area contributed by atoms with E-state index in [-0.39, 0.29) is 5.04 Å². The number of rotatable bonds is 6. The lowest BCUT2D eigenvalue weighted by Crippen LogP contribution is -2.57. The summed E-state index contributed by atoms with van der Waals surface area (Å²) in [5.74, 6) is 0. The maximum atomic E-state index is 12.2. The van der Waals surface area contributed by atoms with Gasteiger partial charge in [-0.1, -0.05) is 20.8 Å². The first-order valence-electron chi connectivity index (χ1n) is 8.84. The molecule has 1 aromatic heterocycles. The lowest BCUT2D eigenvalue weighted by Gasteiger charge is -2.42. The first kappa shape index (κ1) is 22.0. The number of hydrogen-bond acceptors (Lipinski definition) is 7. The van der Waals surface area contributed by atoms with Crippen molar-refractivity contribution < 1.29 is 24.1 Å². The number of hydrogen-bond donors (Lipinski definition) is 3. The van der Waals surface area contributed by atoms with Crippen LogP contribution >= 0.6 is 0 Å². The highest BCUT2D eigenvalue weighted by Gasteiger charge is 2.59. The number of aliphatic hydroxyl groups excluding tert-OH is 2. The number of aromatic nitrogens is 2. The molecule has 10 heteroatoms. The monoisotopic (exact) mass is 402 g/mol. The Balaban J connectivity index is 2.53. The molecule has 0 aromatic carbocycles. The van der Waals surface area contributed by atoms with Crippen LogP contribution in [0.15, 0.2) is 21.9 Å². The Hall–Kier alpha value is -1.30. The Kier molecular flexibility index (Phi) is 6.20. The highest BCUT2D eigenvalue weighted by molar-refractivity contribution is 6.74. The van der Waals surface area contributed by atoms with Crippen LogP contribution < -0.4 is 11.2 Å². The maximum Gasteiger partial charge on any atom is 0.330 e. The van der Waals surface area contributed by atoms with Gasteiger partial charge in [-0.2, -0.15) is 0 Å². The topological polar surface area (TPSA) is 123 Å². The minimum absolute atomic E-state index is 0.130. The Bertz CT molecular complexity index is 764. The molecule has 2 heterocycles. The van der Waals surface area contributed by atoms with Crippen molar-refractivity contribution in [3.8, 4) is 0 Å². The summed E-state index contributed by atoms with van der Waals surface area (Å²) in [6.45, 7) is 9.26. The van der Waals surface area contributed by atoms with Crippen molar-refractivity contribution in [2.75, 3.05) is 20.3 Å². The number of H-pyrrole nitrogens is 1. The average molecular weight is 403 g/mol. The summed E-state index contributed by atoms with van der Waals surface area (Å²) in [5, 5.41) is 19.9. The van der Waals surface area contributed by atoms with Crippen LogP contribution in [0.2, 0.25) is 18.1 Å². The molecule has 0 radical (unpaired) electrons. The number of ether oxygens (including phenoxy) is 2. The normalized spacial score (nSPS) is 25.7. The van der Waals surface area contributed by atoms with E-state index < -0.39 is 56.8 Å². The molecule has 0 saturated carbocycles. The van der Waals surface area contributed by atoms with Crippen molar-refractivity contribution in [2.24, 2.45) is 0 Å². The molecular formula is C17H30N2O7Si. The fourth-order valence-electron chi connectivity index (χ4n) is 2.88. The summed E-state index contributed by atoms with van der Waals surface area (Å²) in [6, 6.07) is 1.19. The Morgan fingerprint density at radius 1 is 1.30 bits per heavy atom. The molecule has 2 rings (SSSR count). The van der Waals surface area contributed by atoms with Crippen molar-refractivity contribution in [1.29, 1.82) is 0 Å². The smallest absolute Gasteiger partial charge is 0.330 e. The molecule has 0 bridgehead atoms. The first-order valence-corrected chi connectivity index (χ1v) is 11.7. The molecule has 3 N–H and O–H groups in total. The summed E-state index contributed by atoms with van der Waals surface area (Å²) in [5.41, 5.74) is -2.66. The van der Waals surface area contributed by atoms with Gasteiger partial charge < -0.3 is 24.1 Å². The minimum Gasteiger partial charge on any atom is -0.408 e. The van der Waals surface area contributed by atoms with E-state index in [0.717, 1.165) is 0 Å². The molecule has 154 valence electrons. The van der Waals surface area contributed by atoms with E-state index in [9.17, 15) is 19.8 Å². The van der Waals surface area contributed by atoms with Crippen LogP contribution in [0.4, 0.5) is 0 Å². The number of nitrogens with one attached hydrogen (secondary N) is 1. The predicted molar refractivity (Wildman–Crippen MR) is 101 cm³/mol. The molecule has 2 unspecified atom stereocenters. The SMILES string of the molecule is COC1C(O[Si](C)(C)C(C)(C)C)C(CO)(CO)O[C@@H]1n1ccc(=O)[nH]c1=O. The van der Waals surface area contributed by atoms with Gasteiger partial charge >= 0.3 is 5.69 Å². The van der Waals surface area contributed by atoms with E-state index in [1.54, 1.807) is 0 Å². The molecule has 9 nitrogen and oxygen atoms in total. The zero-order chi connectivity index (χ0) is 20.6. The van der Waals surface area contributed by atoms with E-state index in [0.29, 0.717) is 0 Å². The molecular weight excluding hydrogens is 372 g/mol. The standard InChI is InChI=1S/C17H30N2O7Si/c1-16(2,3)27(5,6)26-13-12(24-4)14(25-17(13,9-20)10-21)19-8-7-11(22)18-15(19)23/h7-8,12-14,20-21H,9-10H2,1-6H3,(H,18,22,23)/t12?,13?,14-/m0/s1. The maximum absolute atomic E-state index is 12.2.